The molecule has 0 heterocycles. The molecule has 1 aromatic carbocycles. The van der Waals surface area contributed by atoms with Crippen LogP contribution in [0.4, 0.5) is 5.69 Å². The quantitative estimate of drug-likeness (QED) is 0.794. The predicted octanol–water partition coefficient (Wildman–Crippen LogP) is 3.15. The lowest BCUT2D eigenvalue weighted by Crippen LogP contribution is -2.27. The largest absolute Gasteiger partial charge is 0.326 e. The topological polar surface area (TPSA) is 29.1 Å². The van der Waals surface area contributed by atoms with Crippen LogP contribution >= 0.6 is 11.8 Å². The summed E-state index contributed by atoms with van der Waals surface area (Å²) in [6.45, 7) is 0. The van der Waals surface area contributed by atoms with Gasteiger partial charge in [-0.05, 0) is 37.3 Å². The Balaban J connectivity index is 1.99. The summed E-state index contributed by atoms with van der Waals surface area (Å²) in [5.41, 5.74) is 0.916. The molecule has 1 fully saturated rings. The zero-order valence-corrected chi connectivity index (χ0v) is 9.64. The van der Waals surface area contributed by atoms with Gasteiger partial charge in [0.15, 0.2) is 0 Å². The van der Waals surface area contributed by atoms with Gasteiger partial charge >= 0.3 is 0 Å². The normalized spacial score (nSPS) is 15.8. The molecule has 0 radical (unpaired) electrons. The lowest BCUT2D eigenvalue weighted by atomic mass is 9.85. The minimum Gasteiger partial charge on any atom is -0.326 e. The number of nitrogens with one attached hydrogen (secondary N) is 1. The molecule has 0 bridgehead atoms. The highest BCUT2D eigenvalue weighted by Gasteiger charge is 2.24. The summed E-state index contributed by atoms with van der Waals surface area (Å²) in [4.78, 5) is 12.9. The molecule has 2 nitrogen and oxygen atoms in total. The molecule has 0 atom stereocenters. The van der Waals surface area contributed by atoms with E-state index in [0.717, 1.165) is 18.5 Å². The average Bonchev–Trinajstić information content (AvgIpc) is 2.15. The van der Waals surface area contributed by atoms with Crippen LogP contribution < -0.4 is 5.32 Å². The third-order valence-electron chi connectivity index (χ3n) is 2.81. The Morgan fingerprint density at radius 3 is 2.87 bits per heavy atom. The molecule has 1 aromatic rings. The second-order valence-corrected chi connectivity index (χ2v) is 4.73. The maximum absolute atomic E-state index is 11.7. The summed E-state index contributed by atoms with van der Waals surface area (Å²) >= 11 is 1.69. The maximum atomic E-state index is 11.7. The molecule has 0 spiro atoms. The van der Waals surface area contributed by atoms with Crippen LogP contribution in [-0.2, 0) is 4.79 Å². The Morgan fingerprint density at radius 2 is 2.27 bits per heavy atom. The van der Waals surface area contributed by atoms with Crippen LogP contribution in [0.25, 0.3) is 0 Å². The fraction of sp³-hybridized carbons (Fsp3) is 0.417. The van der Waals surface area contributed by atoms with Gasteiger partial charge in [0.25, 0.3) is 0 Å². The highest BCUT2D eigenvalue weighted by atomic mass is 32.2. The first-order valence-corrected chi connectivity index (χ1v) is 6.47. The molecule has 2 rings (SSSR count). The molecule has 3 heteroatoms. The molecule has 1 aliphatic carbocycles. The highest BCUT2D eigenvalue weighted by Crippen LogP contribution is 2.28. The molecule has 1 amide bonds. The van der Waals surface area contributed by atoms with Crippen molar-refractivity contribution in [2.24, 2.45) is 5.92 Å². The van der Waals surface area contributed by atoms with Crippen LogP contribution in [0.2, 0.25) is 0 Å². The summed E-state index contributed by atoms with van der Waals surface area (Å²) in [5.74, 6) is 0.433. The maximum Gasteiger partial charge on any atom is 0.227 e. The summed E-state index contributed by atoms with van der Waals surface area (Å²) in [5, 5.41) is 2.97. The molecule has 0 unspecified atom stereocenters. The number of benzene rings is 1. The molecule has 80 valence electrons. The Bertz CT molecular complexity index is 360. The smallest absolute Gasteiger partial charge is 0.227 e. The van der Waals surface area contributed by atoms with Crippen molar-refractivity contribution in [3.8, 4) is 0 Å². The number of carbonyl (C=O) groups is 1. The van der Waals surface area contributed by atoms with E-state index < -0.39 is 0 Å². The Hall–Kier alpha value is -0.960. The number of hydrogen-bond donors (Lipinski definition) is 1. The van der Waals surface area contributed by atoms with Crippen molar-refractivity contribution in [3.05, 3.63) is 24.3 Å². The van der Waals surface area contributed by atoms with Crippen LogP contribution in [0, 0.1) is 5.92 Å². The van der Waals surface area contributed by atoms with Gasteiger partial charge in [-0.1, -0.05) is 12.5 Å². The van der Waals surface area contributed by atoms with Gasteiger partial charge < -0.3 is 5.32 Å². The Morgan fingerprint density at radius 1 is 1.47 bits per heavy atom. The number of hydrogen-bond acceptors (Lipinski definition) is 2. The van der Waals surface area contributed by atoms with Crippen molar-refractivity contribution in [2.75, 3.05) is 11.6 Å². The van der Waals surface area contributed by atoms with Crippen molar-refractivity contribution in [1.82, 2.24) is 0 Å². The number of amides is 1. The molecule has 1 saturated carbocycles. The van der Waals surface area contributed by atoms with Crippen LogP contribution in [0.3, 0.4) is 0 Å². The number of thioether (sulfide) groups is 1. The zero-order chi connectivity index (χ0) is 10.7. The average molecular weight is 221 g/mol. The van der Waals surface area contributed by atoms with Crippen molar-refractivity contribution in [1.29, 1.82) is 0 Å². The van der Waals surface area contributed by atoms with Crippen molar-refractivity contribution < 1.29 is 4.79 Å². The first kappa shape index (κ1) is 10.6. The van der Waals surface area contributed by atoms with Crippen molar-refractivity contribution >= 4 is 23.4 Å². The molecule has 1 N–H and O–H groups in total. The van der Waals surface area contributed by atoms with Gasteiger partial charge in [0.2, 0.25) is 5.91 Å². The zero-order valence-electron chi connectivity index (χ0n) is 8.82. The number of carbonyl (C=O) groups excluding carboxylic acids is 1. The molecular weight excluding hydrogens is 206 g/mol. The molecule has 1 aliphatic rings. The third-order valence-corrected chi connectivity index (χ3v) is 3.54. The summed E-state index contributed by atoms with van der Waals surface area (Å²) in [7, 11) is 0. The van der Waals surface area contributed by atoms with Crippen LogP contribution in [0.1, 0.15) is 19.3 Å². The van der Waals surface area contributed by atoms with E-state index >= 15 is 0 Å². The Kier molecular flexibility index (Phi) is 3.31. The van der Waals surface area contributed by atoms with Crippen LogP contribution in [0.5, 0.6) is 0 Å². The fourth-order valence-electron chi connectivity index (χ4n) is 1.62. The summed E-state index contributed by atoms with van der Waals surface area (Å²) in [6, 6.07) is 7.98. The van der Waals surface area contributed by atoms with E-state index in [0.29, 0.717) is 0 Å². The minimum absolute atomic E-state index is 0.180. The highest BCUT2D eigenvalue weighted by molar-refractivity contribution is 7.98. The first-order valence-electron chi connectivity index (χ1n) is 5.24. The third kappa shape index (κ3) is 2.53. The van der Waals surface area contributed by atoms with E-state index in [4.69, 9.17) is 0 Å². The van der Waals surface area contributed by atoms with Crippen molar-refractivity contribution in [3.63, 3.8) is 0 Å². The van der Waals surface area contributed by atoms with Gasteiger partial charge in [-0.25, -0.2) is 0 Å². The molecular formula is C12H15NOS. The number of rotatable bonds is 3. The predicted molar refractivity (Wildman–Crippen MR) is 64.2 cm³/mol. The lowest BCUT2D eigenvalue weighted by Gasteiger charge is -2.24. The lowest BCUT2D eigenvalue weighted by molar-refractivity contribution is -0.122. The van der Waals surface area contributed by atoms with E-state index in [1.54, 1.807) is 11.8 Å². The van der Waals surface area contributed by atoms with Gasteiger partial charge in [-0.15, -0.1) is 11.8 Å². The van der Waals surface area contributed by atoms with Gasteiger partial charge in [0.05, 0.1) is 0 Å². The van der Waals surface area contributed by atoms with E-state index in [-0.39, 0.29) is 11.8 Å². The molecule has 0 aromatic heterocycles. The fourth-order valence-corrected chi connectivity index (χ4v) is 2.08. The first-order chi connectivity index (χ1) is 7.29. The van der Waals surface area contributed by atoms with E-state index in [1.807, 2.05) is 30.5 Å². The second-order valence-electron chi connectivity index (χ2n) is 3.85. The van der Waals surface area contributed by atoms with Crippen molar-refractivity contribution in [2.45, 2.75) is 24.2 Å². The van der Waals surface area contributed by atoms with Gasteiger partial charge in [0.1, 0.15) is 0 Å². The number of anilines is 1. The van der Waals surface area contributed by atoms with E-state index in [2.05, 4.69) is 5.32 Å². The van der Waals surface area contributed by atoms with E-state index in [9.17, 15) is 4.79 Å². The Labute approximate surface area is 94.4 Å². The van der Waals surface area contributed by atoms with Gasteiger partial charge in [0, 0.05) is 16.5 Å². The second kappa shape index (κ2) is 4.71. The van der Waals surface area contributed by atoms with Crippen LogP contribution in [0.15, 0.2) is 29.2 Å². The molecule has 0 aliphatic heterocycles. The van der Waals surface area contributed by atoms with Crippen LogP contribution in [-0.4, -0.2) is 12.2 Å². The van der Waals surface area contributed by atoms with Gasteiger partial charge in [-0.3, -0.25) is 4.79 Å². The van der Waals surface area contributed by atoms with Gasteiger partial charge in [-0.2, -0.15) is 0 Å². The monoisotopic (exact) mass is 221 g/mol. The SMILES string of the molecule is CSc1cccc(NC(=O)C2CCC2)c1. The standard InChI is InChI=1S/C12H15NOS/c1-15-11-7-3-6-10(8-11)13-12(14)9-4-2-5-9/h3,6-9H,2,4-5H2,1H3,(H,13,14). The molecule has 0 saturated heterocycles. The van der Waals surface area contributed by atoms with E-state index in [1.165, 1.54) is 11.3 Å². The minimum atomic E-state index is 0.180. The summed E-state index contributed by atoms with van der Waals surface area (Å²) < 4.78 is 0. The summed E-state index contributed by atoms with van der Waals surface area (Å²) in [6.07, 6.45) is 5.33. The molecule has 15 heavy (non-hydrogen) atoms.